The van der Waals surface area contributed by atoms with Crippen molar-refractivity contribution in [2.75, 3.05) is 34.5 Å². The first-order valence-electron chi connectivity index (χ1n) is 7.48. The van der Waals surface area contributed by atoms with E-state index in [4.69, 9.17) is 14.2 Å². The van der Waals surface area contributed by atoms with Gasteiger partial charge < -0.3 is 19.5 Å². The van der Waals surface area contributed by atoms with Crippen LogP contribution in [0.4, 0.5) is 0 Å². The molecule has 1 aromatic carbocycles. The predicted molar refractivity (Wildman–Crippen MR) is 88.6 cm³/mol. The Morgan fingerprint density at radius 1 is 1.25 bits per heavy atom. The summed E-state index contributed by atoms with van der Waals surface area (Å²) in [6, 6.07) is 3.43. The number of nitrogens with zero attached hydrogens (tertiary/aromatic N) is 2. The number of amides is 1. The molecule has 0 spiro atoms. The molecule has 24 heavy (non-hydrogen) atoms. The number of fused-ring (bicyclic) bond motifs is 1. The zero-order valence-corrected chi connectivity index (χ0v) is 14.0. The molecular weight excluding hydrogens is 314 g/mol. The number of carbonyl (C=O) groups is 1. The quantitative estimate of drug-likeness (QED) is 0.709. The highest BCUT2D eigenvalue weighted by molar-refractivity contribution is 5.89. The van der Waals surface area contributed by atoms with Crippen molar-refractivity contribution in [3.05, 3.63) is 28.7 Å². The van der Waals surface area contributed by atoms with Gasteiger partial charge in [0.05, 0.1) is 25.8 Å². The van der Waals surface area contributed by atoms with E-state index in [-0.39, 0.29) is 12.5 Å². The molecule has 1 heterocycles. The third kappa shape index (κ3) is 3.83. The first-order valence-corrected chi connectivity index (χ1v) is 7.48. The van der Waals surface area contributed by atoms with E-state index < -0.39 is 5.56 Å². The minimum atomic E-state index is -0.407. The second-order valence-electron chi connectivity index (χ2n) is 5.07. The number of ether oxygens (including phenoxy) is 3. The van der Waals surface area contributed by atoms with Crippen LogP contribution in [0.5, 0.6) is 11.5 Å². The van der Waals surface area contributed by atoms with Crippen molar-refractivity contribution in [3.8, 4) is 11.5 Å². The van der Waals surface area contributed by atoms with Crippen molar-refractivity contribution in [1.82, 2.24) is 15.1 Å². The van der Waals surface area contributed by atoms with Gasteiger partial charge in [-0.15, -0.1) is 0 Å². The summed E-state index contributed by atoms with van der Waals surface area (Å²) in [5, 5.41) is 7.71. The van der Waals surface area contributed by atoms with E-state index in [1.54, 1.807) is 19.2 Å². The summed E-state index contributed by atoms with van der Waals surface area (Å²) in [5.74, 6) is 0.488. The fraction of sp³-hybridized carbons (Fsp3) is 0.438. The molecule has 0 fully saturated rings. The molecule has 0 saturated heterocycles. The lowest BCUT2D eigenvalue weighted by Crippen LogP contribution is -2.34. The summed E-state index contributed by atoms with van der Waals surface area (Å²) in [6.45, 7) is 0.875. The molecule has 0 unspecified atom stereocenters. The molecule has 0 aliphatic rings. The third-order valence-corrected chi connectivity index (χ3v) is 3.50. The maximum Gasteiger partial charge on any atom is 0.279 e. The highest BCUT2D eigenvalue weighted by atomic mass is 16.5. The van der Waals surface area contributed by atoms with Crippen molar-refractivity contribution in [2.45, 2.75) is 13.0 Å². The second kappa shape index (κ2) is 8.30. The summed E-state index contributed by atoms with van der Waals surface area (Å²) in [6.07, 6.45) is 2.23. The molecule has 0 bridgehead atoms. The molecule has 8 heteroatoms. The number of nitrogens with one attached hydrogen (secondary N) is 1. The SMILES string of the molecule is COCCCNC(=O)Cn1ncc2ccc(OC)c(OC)c2c1=O. The molecule has 0 aliphatic carbocycles. The van der Waals surface area contributed by atoms with Crippen LogP contribution in [0.2, 0.25) is 0 Å². The van der Waals surface area contributed by atoms with Gasteiger partial charge in [-0.25, -0.2) is 4.68 Å². The minimum absolute atomic E-state index is 0.165. The van der Waals surface area contributed by atoms with Crippen LogP contribution in [-0.2, 0) is 16.1 Å². The van der Waals surface area contributed by atoms with Crippen LogP contribution in [0.15, 0.2) is 23.1 Å². The predicted octanol–water partition coefficient (Wildman–Crippen LogP) is 0.566. The zero-order chi connectivity index (χ0) is 17.5. The largest absolute Gasteiger partial charge is 0.493 e. The highest BCUT2D eigenvalue weighted by Gasteiger charge is 2.15. The number of methoxy groups -OCH3 is 3. The van der Waals surface area contributed by atoms with Gasteiger partial charge in [-0.2, -0.15) is 5.10 Å². The Labute approximate surface area is 139 Å². The topological polar surface area (TPSA) is 91.7 Å². The van der Waals surface area contributed by atoms with E-state index in [9.17, 15) is 9.59 Å². The first-order chi connectivity index (χ1) is 11.6. The van der Waals surface area contributed by atoms with Gasteiger partial charge in [-0.1, -0.05) is 0 Å². The minimum Gasteiger partial charge on any atom is -0.493 e. The van der Waals surface area contributed by atoms with Gasteiger partial charge in [-0.05, 0) is 18.6 Å². The smallest absolute Gasteiger partial charge is 0.279 e. The molecule has 0 radical (unpaired) electrons. The monoisotopic (exact) mass is 335 g/mol. The number of hydrogen-bond donors (Lipinski definition) is 1. The molecule has 0 aliphatic heterocycles. The number of aromatic nitrogens is 2. The molecule has 0 saturated carbocycles. The zero-order valence-electron chi connectivity index (χ0n) is 14.0. The number of carbonyl (C=O) groups excluding carboxylic acids is 1. The van der Waals surface area contributed by atoms with E-state index >= 15 is 0 Å². The summed E-state index contributed by atoms with van der Waals surface area (Å²) in [5.41, 5.74) is -0.407. The maximum atomic E-state index is 12.7. The van der Waals surface area contributed by atoms with E-state index in [2.05, 4.69) is 10.4 Å². The van der Waals surface area contributed by atoms with E-state index in [1.165, 1.54) is 20.4 Å². The van der Waals surface area contributed by atoms with Crippen molar-refractivity contribution in [1.29, 1.82) is 0 Å². The lowest BCUT2D eigenvalue weighted by molar-refractivity contribution is -0.121. The standard InChI is InChI=1S/C16H21N3O5/c1-22-8-4-7-17-13(20)10-19-16(21)14-11(9-18-19)5-6-12(23-2)15(14)24-3/h5-6,9H,4,7-8,10H2,1-3H3,(H,17,20). The van der Waals surface area contributed by atoms with Crippen LogP contribution in [0.25, 0.3) is 10.8 Å². The fourth-order valence-corrected chi connectivity index (χ4v) is 2.33. The third-order valence-electron chi connectivity index (χ3n) is 3.50. The molecule has 130 valence electrons. The molecule has 8 nitrogen and oxygen atoms in total. The van der Waals surface area contributed by atoms with E-state index in [0.717, 1.165) is 4.68 Å². The molecule has 1 N–H and O–H groups in total. The van der Waals surface area contributed by atoms with Crippen LogP contribution in [0, 0.1) is 0 Å². The van der Waals surface area contributed by atoms with Crippen molar-refractivity contribution < 1.29 is 19.0 Å². The number of hydrogen-bond acceptors (Lipinski definition) is 6. The molecule has 1 amide bonds. The van der Waals surface area contributed by atoms with Crippen LogP contribution < -0.4 is 20.3 Å². The van der Waals surface area contributed by atoms with Crippen LogP contribution in [0.1, 0.15) is 6.42 Å². The van der Waals surface area contributed by atoms with Gasteiger partial charge in [0.25, 0.3) is 5.56 Å². The van der Waals surface area contributed by atoms with Gasteiger partial charge >= 0.3 is 0 Å². The Bertz CT molecular complexity index is 772. The normalized spacial score (nSPS) is 10.6. The van der Waals surface area contributed by atoms with Gasteiger partial charge in [0, 0.05) is 25.6 Å². The molecule has 0 atom stereocenters. The lowest BCUT2D eigenvalue weighted by Gasteiger charge is -2.12. The van der Waals surface area contributed by atoms with Crippen LogP contribution >= 0.6 is 0 Å². The van der Waals surface area contributed by atoms with Gasteiger partial charge in [-0.3, -0.25) is 9.59 Å². The van der Waals surface area contributed by atoms with E-state index in [1.807, 2.05) is 0 Å². The van der Waals surface area contributed by atoms with Gasteiger partial charge in [0.1, 0.15) is 6.54 Å². The molecule has 2 aromatic rings. The van der Waals surface area contributed by atoms with Crippen molar-refractivity contribution >= 4 is 16.7 Å². The Hall–Kier alpha value is -2.61. The average molecular weight is 335 g/mol. The maximum absolute atomic E-state index is 12.7. The lowest BCUT2D eigenvalue weighted by atomic mass is 10.1. The van der Waals surface area contributed by atoms with Crippen molar-refractivity contribution in [3.63, 3.8) is 0 Å². The molecule has 1 aromatic heterocycles. The Morgan fingerprint density at radius 2 is 2.04 bits per heavy atom. The van der Waals surface area contributed by atoms with Gasteiger partial charge in [0.15, 0.2) is 11.5 Å². The highest BCUT2D eigenvalue weighted by Crippen LogP contribution is 2.32. The summed E-state index contributed by atoms with van der Waals surface area (Å²) in [7, 11) is 4.56. The van der Waals surface area contributed by atoms with Crippen LogP contribution in [0.3, 0.4) is 0 Å². The van der Waals surface area contributed by atoms with Gasteiger partial charge in [0.2, 0.25) is 5.91 Å². The second-order valence-corrected chi connectivity index (χ2v) is 5.07. The molecular formula is C16H21N3O5. The number of rotatable bonds is 8. The Morgan fingerprint density at radius 3 is 2.71 bits per heavy atom. The van der Waals surface area contributed by atoms with Crippen LogP contribution in [-0.4, -0.2) is 50.2 Å². The Balaban J connectivity index is 2.27. The number of benzene rings is 1. The summed E-state index contributed by atoms with van der Waals surface area (Å²) in [4.78, 5) is 24.6. The Kier molecular flexibility index (Phi) is 6.14. The summed E-state index contributed by atoms with van der Waals surface area (Å²) >= 11 is 0. The first kappa shape index (κ1) is 17.7. The average Bonchev–Trinajstić information content (AvgIpc) is 2.60. The molecule has 2 rings (SSSR count). The fourth-order valence-electron chi connectivity index (χ4n) is 2.33. The summed E-state index contributed by atoms with van der Waals surface area (Å²) < 4.78 is 16.5. The van der Waals surface area contributed by atoms with E-state index in [0.29, 0.717) is 41.8 Å². The van der Waals surface area contributed by atoms with Crippen molar-refractivity contribution in [2.24, 2.45) is 0 Å².